The molecule has 1 heterocycles. The Hall–Kier alpha value is -0.430. The molecule has 0 spiro atoms. The van der Waals surface area contributed by atoms with E-state index in [0.29, 0.717) is 17.4 Å². The van der Waals surface area contributed by atoms with E-state index in [2.05, 4.69) is 5.32 Å². The van der Waals surface area contributed by atoms with E-state index < -0.39 is 10.0 Å². The predicted octanol–water partition coefficient (Wildman–Crippen LogP) is 2.98. The molecule has 0 atom stereocenters. The number of hydrogen-bond acceptors (Lipinski definition) is 4. The standard InChI is InChI=1S/C15H26N2O2S2/c1-5-16-9-14-8-15(12(4)20-14)21(18,19)17(11(2)3)10-13-6-7-13/h8,11,13,16H,5-7,9-10H2,1-4H3. The molecule has 0 unspecified atom stereocenters. The van der Waals surface area contributed by atoms with Crippen molar-refractivity contribution in [3.05, 3.63) is 15.8 Å². The zero-order valence-corrected chi connectivity index (χ0v) is 15.0. The molecule has 1 saturated carbocycles. The molecule has 0 bridgehead atoms. The maximum Gasteiger partial charge on any atom is 0.244 e. The van der Waals surface area contributed by atoms with Gasteiger partial charge in [0.25, 0.3) is 0 Å². The predicted molar refractivity (Wildman–Crippen MR) is 88.2 cm³/mol. The van der Waals surface area contributed by atoms with Crippen LogP contribution < -0.4 is 5.32 Å². The van der Waals surface area contributed by atoms with Crippen LogP contribution in [0.5, 0.6) is 0 Å². The van der Waals surface area contributed by atoms with Crippen molar-refractivity contribution in [2.24, 2.45) is 5.92 Å². The molecule has 6 heteroatoms. The molecule has 0 saturated heterocycles. The van der Waals surface area contributed by atoms with Crippen LogP contribution in [-0.2, 0) is 16.6 Å². The second kappa shape index (κ2) is 6.77. The van der Waals surface area contributed by atoms with E-state index in [0.717, 1.165) is 35.7 Å². The number of nitrogens with zero attached hydrogens (tertiary/aromatic N) is 1. The fraction of sp³-hybridized carbons (Fsp3) is 0.733. The lowest BCUT2D eigenvalue weighted by atomic mass is 10.3. The molecule has 1 fully saturated rings. The fourth-order valence-electron chi connectivity index (χ4n) is 2.38. The number of sulfonamides is 1. The van der Waals surface area contributed by atoms with Gasteiger partial charge in [-0.2, -0.15) is 4.31 Å². The summed E-state index contributed by atoms with van der Waals surface area (Å²) in [4.78, 5) is 2.47. The Labute approximate surface area is 132 Å². The van der Waals surface area contributed by atoms with Gasteiger partial charge in [-0.3, -0.25) is 0 Å². The van der Waals surface area contributed by atoms with Crippen LogP contribution in [-0.4, -0.2) is 31.9 Å². The van der Waals surface area contributed by atoms with Gasteiger partial charge in [-0.15, -0.1) is 11.3 Å². The monoisotopic (exact) mass is 330 g/mol. The zero-order valence-electron chi connectivity index (χ0n) is 13.3. The summed E-state index contributed by atoms with van der Waals surface area (Å²) < 4.78 is 27.6. The van der Waals surface area contributed by atoms with Crippen LogP contribution in [0.4, 0.5) is 0 Å². The van der Waals surface area contributed by atoms with Crippen molar-refractivity contribution in [2.75, 3.05) is 13.1 Å². The Morgan fingerprint density at radius 2 is 2.10 bits per heavy atom. The lowest BCUT2D eigenvalue weighted by Crippen LogP contribution is -2.38. The lowest BCUT2D eigenvalue weighted by Gasteiger charge is -2.25. The van der Waals surface area contributed by atoms with E-state index in [9.17, 15) is 8.42 Å². The van der Waals surface area contributed by atoms with E-state index in [1.54, 1.807) is 15.6 Å². The fourth-order valence-corrected chi connectivity index (χ4v) is 5.67. The molecule has 1 N–H and O–H groups in total. The summed E-state index contributed by atoms with van der Waals surface area (Å²) in [7, 11) is -3.37. The molecule has 1 aliphatic rings. The molecular weight excluding hydrogens is 304 g/mol. The maximum absolute atomic E-state index is 13.0. The minimum atomic E-state index is -3.37. The van der Waals surface area contributed by atoms with Gasteiger partial charge in [0.2, 0.25) is 10.0 Å². The number of hydrogen-bond donors (Lipinski definition) is 1. The van der Waals surface area contributed by atoms with Crippen LogP contribution in [0.1, 0.15) is 43.4 Å². The zero-order chi connectivity index (χ0) is 15.6. The van der Waals surface area contributed by atoms with Crippen molar-refractivity contribution in [3.8, 4) is 0 Å². The number of aryl methyl sites for hydroxylation is 1. The van der Waals surface area contributed by atoms with Crippen molar-refractivity contribution in [1.29, 1.82) is 0 Å². The number of thiophene rings is 1. The van der Waals surface area contributed by atoms with E-state index in [-0.39, 0.29) is 6.04 Å². The Kier molecular flexibility index (Phi) is 5.46. The second-order valence-electron chi connectivity index (χ2n) is 6.03. The van der Waals surface area contributed by atoms with Crippen molar-refractivity contribution < 1.29 is 8.42 Å². The molecule has 2 rings (SSSR count). The highest BCUT2D eigenvalue weighted by molar-refractivity contribution is 7.89. The molecule has 1 aromatic rings. The Morgan fingerprint density at radius 1 is 1.43 bits per heavy atom. The Morgan fingerprint density at radius 3 is 2.62 bits per heavy atom. The van der Waals surface area contributed by atoms with Crippen molar-refractivity contribution in [3.63, 3.8) is 0 Å². The normalized spacial score (nSPS) is 16.1. The Bertz CT molecular complexity index is 574. The maximum atomic E-state index is 13.0. The minimum Gasteiger partial charge on any atom is -0.312 e. The van der Waals surface area contributed by atoms with Gasteiger partial charge in [0.15, 0.2) is 0 Å². The van der Waals surface area contributed by atoms with Crippen LogP contribution >= 0.6 is 11.3 Å². The smallest absolute Gasteiger partial charge is 0.244 e. The topological polar surface area (TPSA) is 49.4 Å². The van der Waals surface area contributed by atoms with Gasteiger partial charge < -0.3 is 5.32 Å². The first-order valence-corrected chi connectivity index (χ1v) is 9.93. The second-order valence-corrected chi connectivity index (χ2v) is 9.23. The summed E-state index contributed by atoms with van der Waals surface area (Å²) in [6.45, 7) is 10.2. The van der Waals surface area contributed by atoms with Gasteiger partial charge >= 0.3 is 0 Å². The molecule has 0 aromatic carbocycles. The molecule has 0 radical (unpaired) electrons. The summed E-state index contributed by atoms with van der Waals surface area (Å²) in [5, 5.41) is 3.25. The molecule has 1 aromatic heterocycles. The van der Waals surface area contributed by atoms with Crippen LogP contribution in [0.15, 0.2) is 11.0 Å². The van der Waals surface area contributed by atoms with Crippen LogP contribution in [0, 0.1) is 12.8 Å². The van der Waals surface area contributed by atoms with E-state index >= 15 is 0 Å². The van der Waals surface area contributed by atoms with Crippen LogP contribution in [0.2, 0.25) is 0 Å². The van der Waals surface area contributed by atoms with E-state index in [1.807, 2.05) is 33.8 Å². The molecule has 0 aliphatic heterocycles. The molecular formula is C15H26N2O2S2. The third-order valence-electron chi connectivity index (χ3n) is 3.77. The highest BCUT2D eigenvalue weighted by Gasteiger charge is 2.34. The number of nitrogens with one attached hydrogen (secondary N) is 1. The van der Waals surface area contributed by atoms with Crippen LogP contribution in [0.25, 0.3) is 0 Å². The number of rotatable bonds is 8. The highest BCUT2D eigenvalue weighted by Crippen LogP contribution is 2.34. The third-order valence-corrected chi connectivity index (χ3v) is 7.12. The average Bonchev–Trinajstić information content (AvgIpc) is 3.15. The average molecular weight is 331 g/mol. The van der Waals surface area contributed by atoms with Crippen molar-refractivity contribution in [1.82, 2.24) is 9.62 Å². The lowest BCUT2D eigenvalue weighted by molar-refractivity contribution is 0.341. The third kappa shape index (κ3) is 4.06. The van der Waals surface area contributed by atoms with E-state index in [4.69, 9.17) is 0 Å². The van der Waals surface area contributed by atoms with Gasteiger partial charge in [0.1, 0.15) is 0 Å². The molecule has 21 heavy (non-hydrogen) atoms. The van der Waals surface area contributed by atoms with Gasteiger partial charge in [-0.1, -0.05) is 6.92 Å². The largest absolute Gasteiger partial charge is 0.312 e. The first-order chi connectivity index (χ1) is 9.86. The van der Waals surface area contributed by atoms with Crippen LogP contribution in [0.3, 0.4) is 0 Å². The van der Waals surface area contributed by atoms with Gasteiger partial charge in [-0.05, 0) is 52.1 Å². The van der Waals surface area contributed by atoms with E-state index in [1.165, 1.54) is 0 Å². The Balaban J connectivity index is 2.25. The summed E-state index contributed by atoms with van der Waals surface area (Å²) in [5.74, 6) is 0.558. The molecule has 1 aliphatic carbocycles. The molecule has 120 valence electrons. The van der Waals surface area contributed by atoms with Crippen molar-refractivity contribution >= 4 is 21.4 Å². The summed E-state index contributed by atoms with van der Waals surface area (Å²) >= 11 is 1.58. The first-order valence-electron chi connectivity index (χ1n) is 7.68. The summed E-state index contributed by atoms with van der Waals surface area (Å²) in [6, 6.07) is 1.85. The molecule has 4 nitrogen and oxygen atoms in total. The van der Waals surface area contributed by atoms with Gasteiger partial charge in [0.05, 0.1) is 4.90 Å². The van der Waals surface area contributed by atoms with Crippen molar-refractivity contribution in [2.45, 2.75) is 58.0 Å². The highest BCUT2D eigenvalue weighted by atomic mass is 32.2. The summed E-state index contributed by atoms with van der Waals surface area (Å²) in [6.07, 6.45) is 2.32. The quantitative estimate of drug-likeness (QED) is 0.797. The molecule has 0 amide bonds. The van der Waals surface area contributed by atoms with Gasteiger partial charge in [-0.25, -0.2) is 8.42 Å². The minimum absolute atomic E-state index is 0.00659. The SMILES string of the molecule is CCNCc1cc(S(=O)(=O)N(CC2CC2)C(C)C)c(C)s1. The van der Waals surface area contributed by atoms with Gasteiger partial charge in [0, 0.05) is 28.9 Å². The first kappa shape index (κ1) is 16.9. The summed E-state index contributed by atoms with van der Waals surface area (Å²) in [5.41, 5.74) is 0.